The Hall–Kier alpha value is -1.75. The molecule has 4 nitrogen and oxygen atoms in total. The molecule has 2 aromatic rings. The number of hydrogen-bond acceptors (Lipinski definition) is 5. The summed E-state index contributed by atoms with van der Waals surface area (Å²) < 4.78 is 13.9. The van der Waals surface area contributed by atoms with E-state index in [1.807, 2.05) is 18.2 Å². The van der Waals surface area contributed by atoms with Gasteiger partial charge in [-0.25, -0.2) is 0 Å². The molecule has 0 spiro atoms. The number of hydrogen-bond donors (Lipinski definition) is 0. The van der Waals surface area contributed by atoms with Crippen molar-refractivity contribution in [3.63, 3.8) is 0 Å². The highest BCUT2D eigenvalue weighted by Crippen LogP contribution is 2.26. The summed E-state index contributed by atoms with van der Waals surface area (Å²) in [5, 5.41) is 0. The van der Waals surface area contributed by atoms with Crippen molar-refractivity contribution in [1.29, 1.82) is 0 Å². The lowest BCUT2D eigenvalue weighted by molar-refractivity contribution is 0.353. The Bertz CT molecular complexity index is 482. The van der Waals surface area contributed by atoms with E-state index in [0.717, 1.165) is 29.4 Å². The first-order chi connectivity index (χ1) is 8.42. The highest BCUT2D eigenvalue weighted by molar-refractivity contribution is 6.99. The van der Waals surface area contributed by atoms with Crippen molar-refractivity contribution in [2.24, 2.45) is 0 Å². The highest BCUT2D eigenvalue weighted by atomic mass is 32.1. The Labute approximate surface area is 104 Å². The maximum Gasteiger partial charge on any atom is 0.254 e. The van der Waals surface area contributed by atoms with Crippen LogP contribution in [0, 0.1) is 0 Å². The fourth-order valence-corrected chi connectivity index (χ4v) is 1.84. The second kappa shape index (κ2) is 6.10. The summed E-state index contributed by atoms with van der Waals surface area (Å²) in [7, 11) is 0. The van der Waals surface area contributed by atoms with Crippen LogP contribution in [0.3, 0.4) is 0 Å². The maximum absolute atomic E-state index is 5.56. The quantitative estimate of drug-likeness (QED) is 0.762. The Morgan fingerprint density at radius 3 is 3.06 bits per heavy atom. The third-order valence-corrected chi connectivity index (χ3v) is 2.62. The molecule has 0 saturated carbocycles. The van der Waals surface area contributed by atoms with Gasteiger partial charge in [0.15, 0.2) is 0 Å². The topological polar surface area (TPSA) is 47.9 Å². The molecule has 0 atom stereocenters. The minimum atomic E-state index is 0.520. The molecule has 17 heavy (non-hydrogen) atoms. The van der Waals surface area contributed by atoms with Crippen LogP contribution in [-0.2, 0) is 0 Å². The molecule has 0 fully saturated rings. The zero-order chi connectivity index (χ0) is 11.9. The number of aromatic nitrogens is 3. The summed E-state index contributed by atoms with van der Waals surface area (Å²) in [6, 6.07) is 3.81. The highest BCUT2D eigenvalue weighted by Gasteiger charge is 2.10. The first-order valence-corrected chi connectivity index (χ1v) is 6.15. The van der Waals surface area contributed by atoms with Crippen molar-refractivity contribution in [3.8, 4) is 17.1 Å². The monoisotopic (exact) mass is 247 g/mol. The molecule has 2 aromatic heterocycles. The lowest BCUT2D eigenvalue weighted by Crippen LogP contribution is -1.95. The molecular formula is C12H13N3OS. The number of rotatable bonds is 5. The Kier molecular flexibility index (Phi) is 4.21. The van der Waals surface area contributed by atoms with Crippen LogP contribution < -0.4 is 4.74 Å². The summed E-state index contributed by atoms with van der Waals surface area (Å²) in [6.45, 7) is 2.61. The van der Waals surface area contributed by atoms with Crippen molar-refractivity contribution in [2.75, 3.05) is 6.61 Å². The van der Waals surface area contributed by atoms with E-state index in [2.05, 4.69) is 26.7 Å². The van der Waals surface area contributed by atoms with Crippen molar-refractivity contribution in [2.45, 2.75) is 13.3 Å². The van der Waals surface area contributed by atoms with Crippen LogP contribution in [0.25, 0.3) is 11.3 Å². The molecule has 0 N–H and O–H groups in total. The van der Waals surface area contributed by atoms with Gasteiger partial charge in [0.2, 0.25) is 0 Å². The lowest BCUT2D eigenvalue weighted by atomic mass is 10.2. The van der Waals surface area contributed by atoms with Gasteiger partial charge in [-0.05, 0) is 18.6 Å². The second-order valence-corrected chi connectivity index (χ2v) is 3.88. The van der Waals surface area contributed by atoms with Crippen LogP contribution in [0.4, 0.5) is 0 Å². The zero-order valence-electron chi connectivity index (χ0n) is 9.54. The van der Waals surface area contributed by atoms with Gasteiger partial charge in [-0.2, -0.15) is 4.37 Å². The molecule has 88 valence electrons. The maximum atomic E-state index is 5.56. The average Bonchev–Trinajstić information content (AvgIpc) is 2.84. The van der Waals surface area contributed by atoms with Crippen molar-refractivity contribution >= 4 is 11.7 Å². The zero-order valence-corrected chi connectivity index (χ0v) is 10.4. The van der Waals surface area contributed by atoms with Gasteiger partial charge in [-0.15, -0.1) is 4.37 Å². The predicted octanol–water partition coefficient (Wildman–Crippen LogP) is 2.95. The van der Waals surface area contributed by atoms with Gasteiger partial charge in [0.05, 0.1) is 11.7 Å². The van der Waals surface area contributed by atoms with Gasteiger partial charge in [-0.1, -0.05) is 19.1 Å². The molecule has 0 unspecified atom stereocenters. The van der Waals surface area contributed by atoms with Gasteiger partial charge in [-0.3, -0.25) is 4.98 Å². The summed E-state index contributed by atoms with van der Waals surface area (Å²) in [5.74, 6) is 0.573. The van der Waals surface area contributed by atoms with Gasteiger partial charge in [0.25, 0.3) is 5.88 Å². The van der Waals surface area contributed by atoms with Crippen LogP contribution in [0.1, 0.15) is 13.3 Å². The summed E-state index contributed by atoms with van der Waals surface area (Å²) in [6.07, 6.45) is 8.53. The molecule has 0 saturated heterocycles. The number of allylic oxidation sites excluding steroid dienone is 1. The fourth-order valence-electron chi connectivity index (χ4n) is 1.32. The van der Waals surface area contributed by atoms with Gasteiger partial charge >= 0.3 is 0 Å². The Morgan fingerprint density at radius 1 is 1.35 bits per heavy atom. The minimum Gasteiger partial charge on any atom is -0.471 e. The largest absolute Gasteiger partial charge is 0.471 e. The Morgan fingerprint density at radius 2 is 2.29 bits per heavy atom. The summed E-state index contributed by atoms with van der Waals surface area (Å²) in [5.41, 5.74) is 1.68. The van der Waals surface area contributed by atoms with Crippen LogP contribution in [-0.4, -0.2) is 20.3 Å². The molecule has 0 amide bonds. The van der Waals surface area contributed by atoms with E-state index in [1.165, 1.54) is 0 Å². The normalized spacial score (nSPS) is 10.9. The van der Waals surface area contributed by atoms with Crippen LogP contribution in [0.5, 0.6) is 5.88 Å². The predicted molar refractivity (Wildman–Crippen MR) is 68.1 cm³/mol. The number of pyridine rings is 1. The molecule has 0 aromatic carbocycles. The lowest BCUT2D eigenvalue weighted by Gasteiger charge is -2.01. The average molecular weight is 247 g/mol. The fraction of sp³-hybridized carbons (Fsp3) is 0.250. The van der Waals surface area contributed by atoms with E-state index in [0.29, 0.717) is 12.5 Å². The molecular weight excluding hydrogens is 234 g/mol. The van der Waals surface area contributed by atoms with Gasteiger partial charge in [0.1, 0.15) is 12.3 Å². The first kappa shape index (κ1) is 11.7. The number of nitrogens with zero attached hydrogens (tertiary/aromatic N) is 3. The molecule has 0 radical (unpaired) electrons. The summed E-state index contributed by atoms with van der Waals surface area (Å²) >= 11 is 1.15. The van der Waals surface area contributed by atoms with E-state index in [4.69, 9.17) is 4.74 Å². The van der Waals surface area contributed by atoms with Gasteiger partial charge in [0, 0.05) is 18.0 Å². The smallest absolute Gasteiger partial charge is 0.254 e. The minimum absolute atomic E-state index is 0.520. The molecule has 2 rings (SSSR count). The van der Waals surface area contributed by atoms with Crippen LogP contribution >= 0.6 is 11.7 Å². The van der Waals surface area contributed by atoms with Crippen molar-refractivity contribution < 1.29 is 4.74 Å². The molecule has 0 aliphatic rings. The van der Waals surface area contributed by atoms with E-state index in [-0.39, 0.29) is 0 Å². The van der Waals surface area contributed by atoms with E-state index < -0.39 is 0 Å². The summed E-state index contributed by atoms with van der Waals surface area (Å²) in [4.78, 5) is 4.06. The first-order valence-electron chi connectivity index (χ1n) is 5.42. The van der Waals surface area contributed by atoms with Crippen LogP contribution in [0.2, 0.25) is 0 Å². The van der Waals surface area contributed by atoms with Crippen molar-refractivity contribution in [3.05, 3.63) is 36.7 Å². The second-order valence-electron chi connectivity index (χ2n) is 3.35. The van der Waals surface area contributed by atoms with E-state index >= 15 is 0 Å². The number of ether oxygens (including phenoxy) is 1. The van der Waals surface area contributed by atoms with E-state index in [1.54, 1.807) is 12.4 Å². The van der Waals surface area contributed by atoms with E-state index in [9.17, 15) is 0 Å². The molecule has 2 heterocycles. The molecule has 0 aliphatic carbocycles. The molecule has 0 bridgehead atoms. The third kappa shape index (κ3) is 3.10. The molecule has 0 aliphatic heterocycles. The van der Waals surface area contributed by atoms with Crippen molar-refractivity contribution in [1.82, 2.24) is 13.7 Å². The molecule has 5 heteroatoms. The standard InChI is InChI=1S/C12H13N3OS/c1-2-3-4-8-16-12-11(14-17-15-12)10-6-5-7-13-9-10/h3-7,9H,2,8H2,1H3/b4-3-. The van der Waals surface area contributed by atoms with Crippen LogP contribution in [0.15, 0.2) is 36.7 Å². The Balaban J connectivity index is 2.10. The third-order valence-electron chi connectivity index (χ3n) is 2.11. The SMILES string of the molecule is CC/C=C\COc1nsnc1-c1cccnc1. The van der Waals surface area contributed by atoms with Gasteiger partial charge < -0.3 is 4.74 Å².